The van der Waals surface area contributed by atoms with Gasteiger partial charge in [-0.3, -0.25) is 0 Å². The van der Waals surface area contributed by atoms with Gasteiger partial charge in [-0.2, -0.15) is 0 Å². The van der Waals surface area contributed by atoms with Crippen molar-refractivity contribution in [1.29, 1.82) is 0 Å². The van der Waals surface area contributed by atoms with Crippen molar-refractivity contribution in [2.45, 2.75) is 19.9 Å². The molecule has 106 valence electrons. The Balaban J connectivity index is 1.94. The lowest BCUT2D eigenvalue weighted by Gasteiger charge is -2.29. The molecule has 1 atom stereocenters. The van der Waals surface area contributed by atoms with Crippen LogP contribution in [0.3, 0.4) is 0 Å². The predicted octanol–water partition coefficient (Wildman–Crippen LogP) is 2.18. The van der Waals surface area contributed by atoms with E-state index in [1.165, 1.54) is 24.2 Å². The lowest BCUT2D eigenvalue weighted by atomic mass is 9.89. The molecule has 1 aliphatic rings. The second kappa shape index (κ2) is 5.93. The van der Waals surface area contributed by atoms with Gasteiger partial charge in [0.25, 0.3) is 0 Å². The quantitative estimate of drug-likeness (QED) is 0.876. The van der Waals surface area contributed by atoms with Gasteiger partial charge in [-0.1, -0.05) is 19.1 Å². The number of hydrogen-bond donors (Lipinski definition) is 1. The zero-order chi connectivity index (χ0) is 13.9. The van der Waals surface area contributed by atoms with Crippen molar-refractivity contribution in [3.8, 4) is 0 Å². The fourth-order valence-electron chi connectivity index (χ4n) is 2.96. The van der Waals surface area contributed by atoms with Gasteiger partial charge in [-0.05, 0) is 43.1 Å². The molecule has 1 aromatic rings. The number of nitrogens with zero attached hydrogens (tertiary/aromatic N) is 2. The van der Waals surface area contributed by atoms with Crippen molar-refractivity contribution < 1.29 is 0 Å². The Morgan fingerprint density at radius 1 is 1.26 bits per heavy atom. The number of hydrogen-bond acceptors (Lipinski definition) is 3. The summed E-state index contributed by atoms with van der Waals surface area (Å²) in [5, 5.41) is 3.47. The van der Waals surface area contributed by atoms with E-state index in [2.05, 4.69) is 67.4 Å². The van der Waals surface area contributed by atoms with Gasteiger partial charge in [0.05, 0.1) is 0 Å². The molecule has 19 heavy (non-hydrogen) atoms. The number of anilines is 1. The topological polar surface area (TPSA) is 18.5 Å². The summed E-state index contributed by atoms with van der Waals surface area (Å²) in [5.41, 5.74) is 3.11. The first kappa shape index (κ1) is 14.4. The van der Waals surface area contributed by atoms with Gasteiger partial charge < -0.3 is 15.1 Å². The van der Waals surface area contributed by atoms with Crippen molar-refractivity contribution in [3.05, 3.63) is 29.8 Å². The van der Waals surface area contributed by atoms with Crippen molar-refractivity contribution in [2.24, 2.45) is 5.41 Å². The normalized spacial score (nSPS) is 23.0. The van der Waals surface area contributed by atoms with Gasteiger partial charge in [-0.15, -0.1) is 0 Å². The van der Waals surface area contributed by atoms with Gasteiger partial charge in [-0.25, -0.2) is 0 Å². The second-order valence-electron chi connectivity index (χ2n) is 6.47. The average molecular weight is 261 g/mol. The highest BCUT2D eigenvalue weighted by Gasteiger charge is 2.29. The van der Waals surface area contributed by atoms with Gasteiger partial charge in [0.2, 0.25) is 0 Å². The van der Waals surface area contributed by atoms with E-state index in [-0.39, 0.29) is 0 Å². The molecule has 0 amide bonds. The van der Waals surface area contributed by atoms with Crippen LogP contribution in [-0.2, 0) is 6.54 Å². The van der Waals surface area contributed by atoms with Crippen LogP contribution in [0, 0.1) is 5.41 Å². The van der Waals surface area contributed by atoms with E-state index in [0.717, 1.165) is 19.6 Å². The average Bonchev–Trinajstić information content (AvgIpc) is 2.75. The number of nitrogens with one attached hydrogen (secondary N) is 1. The molecule has 1 aliphatic heterocycles. The predicted molar refractivity (Wildman–Crippen MR) is 82.7 cm³/mol. The molecule has 0 aliphatic carbocycles. The van der Waals surface area contributed by atoms with E-state index in [4.69, 9.17) is 0 Å². The first-order valence-electron chi connectivity index (χ1n) is 7.14. The SMILES string of the molecule is CN(Cc1cccc(N(C)C)c1)CC1(C)CCNC1. The van der Waals surface area contributed by atoms with Crippen LogP contribution in [0.5, 0.6) is 0 Å². The Hall–Kier alpha value is -1.06. The zero-order valence-electron chi connectivity index (χ0n) is 12.7. The molecular weight excluding hydrogens is 234 g/mol. The third-order valence-electron chi connectivity index (χ3n) is 3.99. The molecule has 1 heterocycles. The molecule has 0 saturated carbocycles. The summed E-state index contributed by atoms with van der Waals surface area (Å²) in [4.78, 5) is 4.60. The Kier molecular flexibility index (Phi) is 4.48. The zero-order valence-corrected chi connectivity index (χ0v) is 12.7. The van der Waals surface area contributed by atoms with Gasteiger partial charge in [0, 0.05) is 39.4 Å². The molecule has 1 fully saturated rings. The van der Waals surface area contributed by atoms with Crippen molar-refractivity contribution in [3.63, 3.8) is 0 Å². The summed E-state index contributed by atoms with van der Waals surface area (Å²) in [7, 11) is 6.41. The van der Waals surface area contributed by atoms with E-state index in [1.807, 2.05) is 0 Å². The first-order valence-corrected chi connectivity index (χ1v) is 7.14. The Morgan fingerprint density at radius 2 is 2.05 bits per heavy atom. The van der Waals surface area contributed by atoms with Gasteiger partial charge in [0.15, 0.2) is 0 Å². The van der Waals surface area contributed by atoms with Gasteiger partial charge in [0.1, 0.15) is 0 Å². The van der Waals surface area contributed by atoms with Crippen molar-refractivity contribution in [1.82, 2.24) is 10.2 Å². The lowest BCUT2D eigenvalue weighted by molar-refractivity contribution is 0.203. The maximum Gasteiger partial charge on any atom is 0.0364 e. The minimum absolute atomic E-state index is 0.438. The highest BCUT2D eigenvalue weighted by atomic mass is 15.1. The van der Waals surface area contributed by atoms with Crippen molar-refractivity contribution >= 4 is 5.69 Å². The van der Waals surface area contributed by atoms with Crippen LogP contribution in [0.15, 0.2) is 24.3 Å². The minimum atomic E-state index is 0.438. The molecule has 1 unspecified atom stereocenters. The van der Waals surface area contributed by atoms with E-state index < -0.39 is 0 Å². The van der Waals surface area contributed by atoms with E-state index in [0.29, 0.717) is 5.41 Å². The standard InChI is InChI=1S/C16H27N3/c1-16(8-9-17-12-16)13-19(4)11-14-6-5-7-15(10-14)18(2)3/h5-7,10,17H,8-9,11-13H2,1-4H3. The molecular formula is C16H27N3. The summed E-state index contributed by atoms with van der Waals surface area (Å²) in [6.45, 7) is 6.89. The third-order valence-corrected chi connectivity index (χ3v) is 3.99. The van der Waals surface area contributed by atoms with Crippen LogP contribution >= 0.6 is 0 Å². The maximum atomic E-state index is 3.47. The summed E-state index contributed by atoms with van der Waals surface area (Å²) in [6, 6.07) is 8.81. The van der Waals surface area contributed by atoms with Crippen LogP contribution in [0.25, 0.3) is 0 Å². The minimum Gasteiger partial charge on any atom is -0.378 e. The molecule has 1 N–H and O–H groups in total. The van der Waals surface area contributed by atoms with E-state index >= 15 is 0 Å². The fraction of sp³-hybridized carbons (Fsp3) is 0.625. The van der Waals surface area contributed by atoms with Crippen LogP contribution in [0.2, 0.25) is 0 Å². The molecule has 0 radical (unpaired) electrons. The van der Waals surface area contributed by atoms with Crippen LogP contribution < -0.4 is 10.2 Å². The summed E-state index contributed by atoms with van der Waals surface area (Å²) < 4.78 is 0. The molecule has 1 aromatic carbocycles. The molecule has 0 aromatic heterocycles. The Morgan fingerprint density at radius 3 is 2.68 bits per heavy atom. The highest BCUT2D eigenvalue weighted by molar-refractivity contribution is 5.47. The number of benzene rings is 1. The molecule has 2 rings (SSSR count). The first-order chi connectivity index (χ1) is 8.98. The third kappa shape index (κ3) is 3.95. The molecule has 0 spiro atoms. The Bertz CT molecular complexity index is 408. The number of rotatable bonds is 5. The van der Waals surface area contributed by atoms with Crippen molar-refractivity contribution in [2.75, 3.05) is 45.7 Å². The Labute approximate surface area is 117 Å². The molecule has 1 saturated heterocycles. The molecule has 3 heteroatoms. The maximum absolute atomic E-state index is 3.47. The molecule has 3 nitrogen and oxygen atoms in total. The molecule has 0 bridgehead atoms. The van der Waals surface area contributed by atoms with Crippen LogP contribution in [0.1, 0.15) is 18.9 Å². The summed E-state index contributed by atoms with van der Waals surface area (Å²) in [6.07, 6.45) is 1.29. The largest absolute Gasteiger partial charge is 0.378 e. The van der Waals surface area contributed by atoms with Crippen LogP contribution in [0.4, 0.5) is 5.69 Å². The summed E-state index contributed by atoms with van der Waals surface area (Å²) in [5.74, 6) is 0. The lowest BCUT2D eigenvalue weighted by Crippen LogP contribution is -2.34. The fourth-order valence-corrected chi connectivity index (χ4v) is 2.96. The smallest absolute Gasteiger partial charge is 0.0364 e. The monoisotopic (exact) mass is 261 g/mol. The van der Waals surface area contributed by atoms with Gasteiger partial charge >= 0.3 is 0 Å². The van der Waals surface area contributed by atoms with Crippen LogP contribution in [-0.4, -0.2) is 45.7 Å². The highest BCUT2D eigenvalue weighted by Crippen LogP contribution is 2.26. The van der Waals surface area contributed by atoms with E-state index in [1.54, 1.807) is 0 Å². The second-order valence-corrected chi connectivity index (χ2v) is 6.47. The summed E-state index contributed by atoms with van der Waals surface area (Å²) >= 11 is 0. The van der Waals surface area contributed by atoms with E-state index in [9.17, 15) is 0 Å².